The summed E-state index contributed by atoms with van der Waals surface area (Å²) in [5.74, 6) is 2.12. The van der Waals surface area contributed by atoms with Gasteiger partial charge in [-0.05, 0) is 30.5 Å². The zero-order valence-electron chi connectivity index (χ0n) is 20.2. The van der Waals surface area contributed by atoms with Gasteiger partial charge >= 0.3 is 0 Å². The van der Waals surface area contributed by atoms with Gasteiger partial charge in [0, 0.05) is 31.3 Å². The van der Waals surface area contributed by atoms with E-state index in [1.165, 1.54) is 17.0 Å². The van der Waals surface area contributed by atoms with Gasteiger partial charge in [0.1, 0.15) is 29.8 Å². The predicted molar refractivity (Wildman–Crippen MR) is 134 cm³/mol. The zero-order valence-corrected chi connectivity index (χ0v) is 20.2. The maximum absolute atomic E-state index is 11.5. The van der Waals surface area contributed by atoms with Crippen molar-refractivity contribution in [2.24, 2.45) is 0 Å². The van der Waals surface area contributed by atoms with Crippen molar-refractivity contribution in [1.82, 2.24) is 19.5 Å². The van der Waals surface area contributed by atoms with Crippen molar-refractivity contribution >= 4 is 41.0 Å². The molecule has 0 saturated carbocycles. The van der Waals surface area contributed by atoms with Gasteiger partial charge in [-0.3, -0.25) is 9.36 Å². The van der Waals surface area contributed by atoms with Crippen LogP contribution < -0.4 is 16.0 Å². The van der Waals surface area contributed by atoms with Crippen LogP contribution in [0.5, 0.6) is 0 Å². The first-order valence-electron chi connectivity index (χ1n) is 11.8. The summed E-state index contributed by atoms with van der Waals surface area (Å²) in [4.78, 5) is 36.7. The SMILES string of the molecule is CCN(C=O)c1cc(CCNc2nc(N)c3ncn([C@@H]4O[C@H](CO)[C@@H](O)[C@H]4O)c3n2)ccc1CC=C=O. The Balaban J connectivity index is 1.52. The second kappa shape index (κ2) is 11.5. The Morgan fingerprint density at radius 2 is 2.11 bits per heavy atom. The number of ether oxygens (including phenoxy) is 1. The Hall–Kier alpha value is -3.87. The van der Waals surface area contributed by atoms with E-state index in [1.807, 2.05) is 25.1 Å². The Morgan fingerprint density at radius 1 is 1.30 bits per heavy atom. The average molecular weight is 512 g/mol. The number of hydrogen-bond donors (Lipinski definition) is 5. The van der Waals surface area contributed by atoms with E-state index in [0.29, 0.717) is 37.1 Å². The van der Waals surface area contributed by atoms with Gasteiger partial charge in [-0.1, -0.05) is 12.1 Å². The van der Waals surface area contributed by atoms with Crippen LogP contribution in [-0.2, 0) is 27.2 Å². The van der Waals surface area contributed by atoms with Crippen molar-refractivity contribution in [1.29, 1.82) is 0 Å². The lowest BCUT2D eigenvalue weighted by molar-refractivity contribution is -0.107. The van der Waals surface area contributed by atoms with Gasteiger partial charge in [0.05, 0.1) is 12.9 Å². The number of nitrogens with one attached hydrogen (secondary N) is 1. The topological polar surface area (TPSA) is 189 Å². The molecule has 2 aromatic heterocycles. The number of nitrogen functional groups attached to an aromatic ring is 1. The number of carbonyl (C=O) groups excluding carboxylic acids is 2. The van der Waals surface area contributed by atoms with Gasteiger partial charge in [-0.2, -0.15) is 9.97 Å². The fourth-order valence-electron chi connectivity index (χ4n) is 4.29. The molecule has 0 unspecified atom stereocenters. The Bertz CT molecular complexity index is 1310. The molecule has 6 N–H and O–H groups in total. The van der Waals surface area contributed by atoms with Gasteiger partial charge in [0.25, 0.3) is 0 Å². The fraction of sp³-hybridized carbons (Fsp3) is 0.417. The molecule has 13 heteroatoms. The quantitative estimate of drug-likeness (QED) is 0.166. The van der Waals surface area contributed by atoms with Gasteiger partial charge in [-0.25, -0.2) is 9.78 Å². The van der Waals surface area contributed by atoms with E-state index in [2.05, 4.69) is 20.3 Å². The third kappa shape index (κ3) is 5.31. The van der Waals surface area contributed by atoms with Crippen LogP contribution in [0.1, 0.15) is 24.3 Å². The van der Waals surface area contributed by atoms with Crippen LogP contribution in [-0.4, -0.2) is 85.2 Å². The molecular formula is C24H29N7O6. The number of amides is 1. The predicted octanol–water partition coefficient (Wildman–Crippen LogP) is -0.412. The van der Waals surface area contributed by atoms with E-state index in [-0.39, 0.29) is 11.8 Å². The van der Waals surface area contributed by atoms with Crippen LogP contribution >= 0.6 is 0 Å². The Kier molecular flexibility index (Phi) is 8.11. The minimum atomic E-state index is -1.30. The molecule has 1 amide bonds. The highest BCUT2D eigenvalue weighted by atomic mass is 16.6. The summed E-state index contributed by atoms with van der Waals surface area (Å²) in [6.45, 7) is 2.34. The van der Waals surface area contributed by atoms with Gasteiger partial charge in [0.2, 0.25) is 12.4 Å². The number of nitrogens with zero attached hydrogens (tertiary/aromatic N) is 5. The molecule has 37 heavy (non-hydrogen) atoms. The molecule has 1 saturated heterocycles. The first-order valence-corrected chi connectivity index (χ1v) is 11.8. The number of allylic oxidation sites excluding steroid dienone is 1. The number of aliphatic hydroxyl groups excluding tert-OH is 3. The minimum Gasteiger partial charge on any atom is -0.394 e. The normalized spacial score (nSPS) is 21.1. The van der Waals surface area contributed by atoms with Crippen LogP contribution in [0.4, 0.5) is 17.5 Å². The van der Waals surface area contributed by atoms with E-state index >= 15 is 0 Å². The number of benzene rings is 1. The first-order chi connectivity index (χ1) is 17.9. The summed E-state index contributed by atoms with van der Waals surface area (Å²) < 4.78 is 7.03. The van der Waals surface area contributed by atoms with Crippen LogP contribution in [0, 0.1) is 0 Å². The molecule has 0 aliphatic carbocycles. The largest absolute Gasteiger partial charge is 0.394 e. The van der Waals surface area contributed by atoms with Crippen molar-refractivity contribution < 1.29 is 29.6 Å². The lowest BCUT2D eigenvalue weighted by Gasteiger charge is -2.20. The van der Waals surface area contributed by atoms with E-state index in [1.54, 1.807) is 10.8 Å². The third-order valence-corrected chi connectivity index (χ3v) is 6.27. The average Bonchev–Trinajstić information content (AvgIpc) is 3.45. The highest BCUT2D eigenvalue weighted by molar-refractivity contribution is 5.83. The number of fused-ring (bicyclic) bond motifs is 1. The summed E-state index contributed by atoms with van der Waals surface area (Å²) in [5.41, 5.74) is 9.20. The van der Waals surface area contributed by atoms with E-state index in [0.717, 1.165) is 23.2 Å². The number of hydrogen-bond acceptors (Lipinski definition) is 11. The van der Waals surface area contributed by atoms with Crippen molar-refractivity contribution in [3.05, 3.63) is 41.7 Å². The minimum absolute atomic E-state index is 0.123. The smallest absolute Gasteiger partial charge is 0.226 e. The zero-order chi connectivity index (χ0) is 26.5. The van der Waals surface area contributed by atoms with Crippen LogP contribution in [0.2, 0.25) is 0 Å². The summed E-state index contributed by atoms with van der Waals surface area (Å²) in [6.07, 6.45) is -0.0503. The molecule has 196 valence electrons. The van der Waals surface area contributed by atoms with Crippen LogP contribution in [0.15, 0.2) is 30.6 Å². The summed E-state index contributed by atoms with van der Waals surface area (Å²) >= 11 is 0. The Morgan fingerprint density at radius 3 is 2.78 bits per heavy atom. The summed E-state index contributed by atoms with van der Waals surface area (Å²) in [5, 5.41) is 33.0. The van der Waals surface area contributed by atoms with E-state index in [9.17, 15) is 24.9 Å². The number of aliphatic hydroxyl groups is 3. The number of anilines is 3. The monoisotopic (exact) mass is 511 g/mol. The Labute approximate surface area is 212 Å². The fourth-order valence-corrected chi connectivity index (χ4v) is 4.29. The van der Waals surface area contributed by atoms with Crippen molar-refractivity contribution in [2.75, 3.05) is 35.6 Å². The number of aromatic nitrogens is 4. The summed E-state index contributed by atoms with van der Waals surface area (Å²) in [6, 6.07) is 5.71. The molecule has 13 nitrogen and oxygen atoms in total. The molecule has 3 aromatic rings. The highest BCUT2D eigenvalue weighted by Gasteiger charge is 2.44. The second-order valence-corrected chi connectivity index (χ2v) is 8.54. The molecule has 1 aliphatic rings. The molecule has 0 spiro atoms. The second-order valence-electron chi connectivity index (χ2n) is 8.54. The standard InChI is InChI=1S/C24H29N7O6/c1-2-30(13-34)16-10-14(5-6-15(16)4-3-9-32)7-8-26-24-28-21(25)18-22(29-24)31(12-27-18)23-20(36)19(35)17(11-33)37-23/h3,5-6,10,12-13,17,19-20,23,33,35-36H,2,4,7-8,11H2,1H3,(H3,25,26,28,29)/t17-,19-,20-,23-/m1/s1. The van der Waals surface area contributed by atoms with Crippen molar-refractivity contribution in [3.8, 4) is 0 Å². The number of carbonyl (C=O) groups is 1. The van der Waals surface area contributed by atoms with Gasteiger partial charge in [0.15, 0.2) is 17.7 Å². The maximum Gasteiger partial charge on any atom is 0.226 e. The molecule has 1 fully saturated rings. The lowest BCUT2D eigenvalue weighted by Crippen LogP contribution is -2.33. The number of imidazole rings is 1. The first kappa shape index (κ1) is 26.2. The molecule has 1 aliphatic heterocycles. The number of rotatable bonds is 11. The number of nitrogens with two attached hydrogens (primary N) is 1. The van der Waals surface area contributed by atoms with E-state index < -0.39 is 31.1 Å². The van der Waals surface area contributed by atoms with Gasteiger partial charge in [-0.15, -0.1) is 0 Å². The van der Waals surface area contributed by atoms with Gasteiger partial charge < -0.3 is 36.0 Å². The molecule has 4 rings (SSSR count). The van der Waals surface area contributed by atoms with Crippen LogP contribution in [0.3, 0.4) is 0 Å². The van der Waals surface area contributed by atoms with Crippen molar-refractivity contribution in [3.63, 3.8) is 0 Å². The maximum atomic E-state index is 11.5. The lowest BCUT2D eigenvalue weighted by atomic mass is 10.0. The molecule has 0 radical (unpaired) electrons. The van der Waals surface area contributed by atoms with E-state index in [4.69, 9.17) is 10.5 Å². The highest BCUT2D eigenvalue weighted by Crippen LogP contribution is 2.32. The molecule has 0 bridgehead atoms. The third-order valence-electron chi connectivity index (χ3n) is 6.27. The summed E-state index contributed by atoms with van der Waals surface area (Å²) in [7, 11) is 0. The van der Waals surface area contributed by atoms with Crippen LogP contribution in [0.25, 0.3) is 11.2 Å². The molecule has 3 heterocycles. The molecule has 4 atom stereocenters. The molecule has 1 aromatic carbocycles. The molecular weight excluding hydrogens is 482 g/mol. The van der Waals surface area contributed by atoms with Crippen molar-refractivity contribution in [2.45, 2.75) is 44.3 Å².